The van der Waals surface area contributed by atoms with Crippen molar-refractivity contribution in [2.45, 2.75) is 42.7 Å². The predicted octanol–water partition coefficient (Wildman–Crippen LogP) is 0.135. The van der Waals surface area contributed by atoms with Crippen LogP contribution < -0.4 is 23.8 Å². The van der Waals surface area contributed by atoms with Crippen molar-refractivity contribution in [1.29, 1.82) is 0 Å². The molecular weight excluding hydrogens is 440 g/mol. The molecule has 11 heteroatoms. The zero-order valence-electron chi connectivity index (χ0n) is 17.2. The molecule has 0 aromatic heterocycles. The molecule has 4 N–H and O–H groups in total. The van der Waals surface area contributed by atoms with Crippen LogP contribution in [0.4, 0.5) is 0 Å². The van der Waals surface area contributed by atoms with Gasteiger partial charge in [0.2, 0.25) is 13.1 Å². The molecule has 4 aliphatic heterocycles. The van der Waals surface area contributed by atoms with E-state index in [-0.39, 0.29) is 24.6 Å². The molecule has 1 saturated heterocycles. The molecule has 2 aromatic carbocycles. The van der Waals surface area contributed by atoms with E-state index in [4.69, 9.17) is 33.5 Å². The van der Waals surface area contributed by atoms with Crippen LogP contribution in [0.25, 0.3) is 0 Å². The van der Waals surface area contributed by atoms with Crippen LogP contribution in [0.2, 0.25) is 0 Å². The Morgan fingerprint density at radius 1 is 0.848 bits per heavy atom. The summed E-state index contributed by atoms with van der Waals surface area (Å²) in [6, 6.07) is 8.83. The van der Waals surface area contributed by atoms with Gasteiger partial charge in [-0.3, -0.25) is 0 Å². The highest BCUT2D eigenvalue weighted by atomic mass is 17.2. The smallest absolute Gasteiger partial charge is 0.232 e. The SMILES string of the molecule is OC[C@@H]1O[C@H](OOc2ccc3c(c2)OC[C@H]2c4cc5c(cc4O[C@@H]32)OCO5)[C@@H](O)[C@H](O)[C@@H]1O. The lowest BCUT2D eigenvalue weighted by Gasteiger charge is -2.38. The summed E-state index contributed by atoms with van der Waals surface area (Å²) in [5.41, 5.74) is 1.84. The van der Waals surface area contributed by atoms with Gasteiger partial charge in [-0.15, -0.1) is 0 Å². The van der Waals surface area contributed by atoms with Gasteiger partial charge >= 0.3 is 0 Å². The van der Waals surface area contributed by atoms with Gasteiger partial charge in [-0.2, -0.15) is 4.89 Å². The van der Waals surface area contributed by atoms with Crippen LogP contribution in [0.3, 0.4) is 0 Å². The van der Waals surface area contributed by atoms with E-state index in [1.54, 1.807) is 18.2 Å². The van der Waals surface area contributed by atoms with Gasteiger partial charge in [0.25, 0.3) is 0 Å². The van der Waals surface area contributed by atoms with Crippen molar-refractivity contribution in [2.75, 3.05) is 20.0 Å². The topological polar surface area (TPSA) is 146 Å². The van der Waals surface area contributed by atoms with E-state index in [2.05, 4.69) is 0 Å². The summed E-state index contributed by atoms with van der Waals surface area (Å²) in [6.07, 6.45) is -7.37. The van der Waals surface area contributed by atoms with Crippen LogP contribution >= 0.6 is 0 Å². The van der Waals surface area contributed by atoms with E-state index in [1.165, 1.54) is 0 Å². The number of aliphatic hydroxyl groups is 4. The van der Waals surface area contributed by atoms with Gasteiger partial charge in [-0.1, -0.05) is 0 Å². The molecular formula is C22H22O11. The minimum atomic E-state index is -1.57. The lowest BCUT2D eigenvalue weighted by atomic mass is 9.89. The number of fused-ring (bicyclic) bond motifs is 6. The summed E-state index contributed by atoms with van der Waals surface area (Å²) in [6.45, 7) is 0.0185. The molecule has 0 aliphatic carbocycles. The molecule has 7 atom stereocenters. The van der Waals surface area contributed by atoms with Crippen molar-refractivity contribution < 1.29 is 53.9 Å². The maximum atomic E-state index is 10.1. The molecule has 176 valence electrons. The molecule has 0 radical (unpaired) electrons. The van der Waals surface area contributed by atoms with Gasteiger partial charge in [-0.05, 0) is 18.2 Å². The number of hydrogen-bond donors (Lipinski definition) is 4. The first kappa shape index (κ1) is 20.8. The van der Waals surface area contributed by atoms with Crippen molar-refractivity contribution in [1.82, 2.24) is 0 Å². The van der Waals surface area contributed by atoms with Gasteiger partial charge in [0, 0.05) is 23.3 Å². The second kappa shape index (κ2) is 7.90. The van der Waals surface area contributed by atoms with Crippen LogP contribution in [0, 0.1) is 0 Å². The van der Waals surface area contributed by atoms with E-state index >= 15 is 0 Å². The molecule has 0 bridgehead atoms. The fourth-order valence-electron chi connectivity index (χ4n) is 4.53. The number of ether oxygens (including phenoxy) is 5. The normalized spacial score (nSPS) is 33.4. The first-order valence-corrected chi connectivity index (χ1v) is 10.5. The zero-order chi connectivity index (χ0) is 22.7. The summed E-state index contributed by atoms with van der Waals surface area (Å²) in [7, 11) is 0. The Labute approximate surface area is 187 Å². The molecule has 4 aliphatic rings. The summed E-state index contributed by atoms with van der Waals surface area (Å²) in [5.74, 6) is 2.90. The van der Waals surface area contributed by atoms with E-state index in [0.717, 1.165) is 16.9 Å². The largest absolute Gasteiger partial charge is 0.492 e. The molecule has 33 heavy (non-hydrogen) atoms. The number of rotatable bonds is 4. The van der Waals surface area contributed by atoms with Gasteiger partial charge in [-0.25, -0.2) is 0 Å². The van der Waals surface area contributed by atoms with E-state index in [1.807, 2.05) is 12.1 Å². The summed E-state index contributed by atoms with van der Waals surface area (Å²) in [5, 5.41) is 39.0. The molecule has 1 fully saturated rings. The first-order valence-electron chi connectivity index (χ1n) is 10.5. The molecule has 0 spiro atoms. The third-order valence-corrected chi connectivity index (χ3v) is 6.32. The van der Waals surface area contributed by atoms with Gasteiger partial charge in [0.15, 0.2) is 17.2 Å². The summed E-state index contributed by atoms with van der Waals surface area (Å²) in [4.78, 5) is 10.4. The Morgan fingerprint density at radius 3 is 2.48 bits per heavy atom. The van der Waals surface area contributed by atoms with Gasteiger partial charge < -0.3 is 49.0 Å². The van der Waals surface area contributed by atoms with Crippen molar-refractivity contribution in [2.24, 2.45) is 0 Å². The standard InChI is InChI=1S/C22H22O11/c23-6-17-18(24)19(25)20(26)22(31-17)33-32-9-1-2-10-13(3-9)27-7-12-11-4-15-16(29-8-28-15)5-14(11)30-21(10)12/h1-5,12,17-26H,6-8H2/t12-,17-,18+,19+,20-,21-,22+/m0/s1. The van der Waals surface area contributed by atoms with Crippen molar-refractivity contribution in [3.8, 4) is 28.7 Å². The Balaban J connectivity index is 1.17. The lowest BCUT2D eigenvalue weighted by molar-refractivity contribution is -0.386. The maximum Gasteiger partial charge on any atom is 0.232 e. The molecule has 2 aromatic rings. The van der Waals surface area contributed by atoms with Gasteiger partial charge in [0.1, 0.15) is 42.0 Å². The third kappa shape index (κ3) is 3.36. The average molecular weight is 462 g/mol. The Morgan fingerprint density at radius 2 is 1.67 bits per heavy atom. The predicted molar refractivity (Wildman–Crippen MR) is 106 cm³/mol. The Kier molecular flexibility index (Phi) is 4.98. The molecule has 0 saturated carbocycles. The minimum Gasteiger partial charge on any atom is -0.492 e. The average Bonchev–Trinajstić information content (AvgIpc) is 3.44. The quantitative estimate of drug-likeness (QED) is 0.363. The molecule has 6 rings (SSSR count). The monoisotopic (exact) mass is 462 g/mol. The fourth-order valence-corrected chi connectivity index (χ4v) is 4.53. The van der Waals surface area contributed by atoms with Gasteiger partial charge in [0.05, 0.1) is 19.1 Å². The second-order valence-corrected chi connectivity index (χ2v) is 8.28. The highest BCUT2D eigenvalue weighted by Crippen LogP contribution is 2.54. The second-order valence-electron chi connectivity index (χ2n) is 8.28. The van der Waals surface area contributed by atoms with Crippen molar-refractivity contribution in [3.05, 3.63) is 41.5 Å². The Hall–Kier alpha value is -2.80. The summed E-state index contributed by atoms with van der Waals surface area (Å²) >= 11 is 0. The molecule has 4 heterocycles. The zero-order valence-corrected chi connectivity index (χ0v) is 17.2. The van der Waals surface area contributed by atoms with E-state index < -0.39 is 37.3 Å². The molecule has 11 nitrogen and oxygen atoms in total. The number of hydrogen-bond acceptors (Lipinski definition) is 11. The van der Waals surface area contributed by atoms with Crippen LogP contribution in [0.1, 0.15) is 23.1 Å². The minimum absolute atomic E-state index is 0.000801. The Bertz CT molecular complexity index is 1060. The van der Waals surface area contributed by atoms with Crippen molar-refractivity contribution >= 4 is 0 Å². The number of benzene rings is 2. The molecule has 0 unspecified atom stereocenters. The third-order valence-electron chi connectivity index (χ3n) is 6.32. The lowest BCUT2D eigenvalue weighted by Crippen LogP contribution is -2.59. The first-order chi connectivity index (χ1) is 16.0. The van der Waals surface area contributed by atoms with Crippen LogP contribution in [-0.2, 0) is 9.62 Å². The summed E-state index contributed by atoms with van der Waals surface area (Å²) < 4.78 is 28.3. The highest BCUT2D eigenvalue weighted by molar-refractivity contribution is 5.57. The maximum absolute atomic E-state index is 10.1. The van der Waals surface area contributed by atoms with Crippen LogP contribution in [0.15, 0.2) is 30.3 Å². The van der Waals surface area contributed by atoms with Crippen LogP contribution in [0.5, 0.6) is 28.7 Å². The van der Waals surface area contributed by atoms with E-state index in [0.29, 0.717) is 23.9 Å². The van der Waals surface area contributed by atoms with Crippen molar-refractivity contribution in [3.63, 3.8) is 0 Å². The fraction of sp³-hybridized carbons (Fsp3) is 0.455. The molecule has 0 amide bonds. The van der Waals surface area contributed by atoms with Crippen LogP contribution in [-0.4, -0.2) is 71.1 Å². The van der Waals surface area contributed by atoms with E-state index in [9.17, 15) is 20.4 Å². The highest BCUT2D eigenvalue weighted by Gasteiger charge is 2.45. The number of aliphatic hydroxyl groups excluding tert-OH is 4.